The molecular formula is C22H24O10. The second-order valence-electron chi connectivity index (χ2n) is 7.67. The third-order valence-corrected chi connectivity index (χ3v) is 5.60. The van der Waals surface area contributed by atoms with Crippen LogP contribution < -0.4 is 9.47 Å². The first-order chi connectivity index (χ1) is 15.3. The Morgan fingerprint density at radius 3 is 2.38 bits per heavy atom. The third kappa shape index (κ3) is 4.10. The van der Waals surface area contributed by atoms with E-state index in [0.717, 1.165) is 5.56 Å². The summed E-state index contributed by atoms with van der Waals surface area (Å²) < 4.78 is 21.5. The summed E-state index contributed by atoms with van der Waals surface area (Å²) in [7, 11) is 1.46. The van der Waals surface area contributed by atoms with Gasteiger partial charge in [-0.05, 0) is 23.8 Å². The number of hydrogen-bond acceptors (Lipinski definition) is 10. The van der Waals surface area contributed by atoms with Crippen molar-refractivity contribution in [2.75, 3.05) is 13.7 Å². The molecule has 4 rings (SSSR count). The van der Waals surface area contributed by atoms with Crippen LogP contribution in [-0.4, -0.2) is 75.9 Å². The zero-order valence-electron chi connectivity index (χ0n) is 17.1. The Balaban J connectivity index is 1.46. The van der Waals surface area contributed by atoms with Gasteiger partial charge in [0, 0.05) is 18.1 Å². The number of aromatic hydroxyl groups is 1. The normalized spacial score (nSPS) is 29.3. The monoisotopic (exact) mass is 448 g/mol. The van der Waals surface area contributed by atoms with Crippen molar-refractivity contribution >= 4 is 5.97 Å². The fourth-order valence-electron chi connectivity index (χ4n) is 3.84. The van der Waals surface area contributed by atoms with Crippen molar-refractivity contribution < 1.29 is 49.3 Å². The molecule has 0 aliphatic carbocycles. The molecule has 172 valence electrons. The van der Waals surface area contributed by atoms with E-state index in [9.17, 15) is 30.3 Å². The predicted octanol–water partition coefficient (Wildman–Crippen LogP) is 0.0337. The summed E-state index contributed by atoms with van der Waals surface area (Å²) in [5.41, 5.74) is 1.46. The average Bonchev–Trinajstić information content (AvgIpc) is 3.10. The first-order valence-corrected chi connectivity index (χ1v) is 10.0. The minimum Gasteiger partial charge on any atom is -0.507 e. The van der Waals surface area contributed by atoms with Crippen molar-refractivity contribution in [3.63, 3.8) is 0 Å². The molecule has 0 radical (unpaired) electrons. The summed E-state index contributed by atoms with van der Waals surface area (Å²) in [5.74, 6) is -0.0723. The lowest BCUT2D eigenvalue weighted by Gasteiger charge is -2.39. The van der Waals surface area contributed by atoms with Crippen LogP contribution in [0.4, 0.5) is 0 Å². The first-order valence-electron chi connectivity index (χ1n) is 10.0. The molecule has 6 unspecified atom stereocenters. The molecule has 10 nitrogen and oxygen atoms in total. The minimum absolute atomic E-state index is 0.123. The number of carbonyl (C=O) groups excluding carboxylic acids is 1. The lowest BCUT2D eigenvalue weighted by Crippen LogP contribution is -2.60. The highest BCUT2D eigenvalue weighted by molar-refractivity contribution is 5.97. The summed E-state index contributed by atoms with van der Waals surface area (Å²) in [6, 6.07) is 9.68. The van der Waals surface area contributed by atoms with Crippen LogP contribution >= 0.6 is 0 Å². The molecule has 10 heteroatoms. The number of phenolic OH excluding ortho intramolecular Hbond substituents is 1. The lowest BCUT2D eigenvalue weighted by atomic mass is 9.98. The fraction of sp³-hybridized carbons (Fsp3) is 0.409. The maximum Gasteiger partial charge on any atom is 0.342 e. The molecule has 5 N–H and O–H groups in total. The van der Waals surface area contributed by atoms with Crippen LogP contribution in [0, 0.1) is 0 Å². The average molecular weight is 448 g/mol. The summed E-state index contributed by atoms with van der Waals surface area (Å²) in [6.07, 6.45) is -7.12. The zero-order valence-corrected chi connectivity index (χ0v) is 17.1. The third-order valence-electron chi connectivity index (χ3n) is 5.60. The molecule has 2 heterocycles. The van der Waals surface area contributed by atoms with Gasteiger partial charge in [0.1, 0.15) is 53.3 Å². The Morgan fingerprint density at radius 1 is 1.00 bits per heavy atom. The quantitative estimate of drug-likeness (QED) is 0.382. The van der Waals surface area contributed by atoms with Crippen LogP contribution in [0.15, 0.2) is 36.4 Å². The van der Waals surface area contributed by atoms with Gasteiger partial charge in [-0.25, -0.2) is 4.79 Å². The van der Waals surface area contributed by atoms with Crippen LogP contribution in [0.2, 0.25) is 0 Å². The van der Waals surface area contributed by atoms with Crippen LogP contribution in [-0.2, 0) is 15.9 Å². The number of aliphatic hydroxyl groups is 4. The number of esters is 1. The first kappa shape index (κ1) is 22.3. The number of benzene rings is 2. The molecule has 0 saturated carbocycles. The number of cyclic esters (lactones) is 1. The molecule has 2 aromatic rings. The number of rotatable bonds is 6. The Labute approximate surface area is 183 Å². The minimum atomic E-state index is -1.53. The van der Waals surface area contributed by atoms with E-state index in [4.69, 9.17) is 18.9 Å². The van der Waals surface area contributed by atoms with Gasteiger partial charge in [-0.3, -0.25) is 0 Å². The predicted molar refractivity (Wildman–Crippen MR) is 107 cm³/mol. The van der Waals surface area contributed by atoms with Crippen molar-refractivity contribution in [1.29, 1.82) is 0 Å². The highest BCUT2D eigenvalue weighted by Gasteiger charge is 2.44. The van der Waals surface area contributed by atoms with E-state index in [-0.39, 0.29) is 11.3 Å². The number of ether oxygens (including phenoxy) is 4. The molecule has 6 atom stereocenters. The maximum absolute atomic E-state index is 12.2. The molecule has 2 aliphatic rings. The summed E-state index contributed by atoms with van der Waals surface area (Å²) in [5, 5.41) is 49.2. The fourth-order valence-corrected chi connectivity index (χ4v) is 3.84. The van der Waals surface area contributed by atoms with Gasteiger partial charge in [0.15, 0.2) is 0 Å². The molecule has 1 saturated heterocycles. The number of aliphatic hydroxyl groups excluding tert-OH is 4. The number of phenols is 1. The van der Waals surface area contributed by atoms with Crippen molar-refractivity contribution in [2.24, 2.45) is 0 Å². The van der Waals surface area contributed by atoms with Crippen molar-refractivity contribution in [3.8, 4) is 17.2 Å². The topological polar surface area (TPSA) is 155 Å². The highest BCUT2D eigenvalue weighted by Crippen LogP contribution is 2.40. The van der Waals surface area contributed by atoms with Gasteiger partial charge in [0.25, 0.3) is 0 Å². The smallest absolute Gasteiger partial charge is 0.342 e. The van der Waals surface area contributed by atoms with Crippen LogP contribution in [0.3, 0.4) is 0 Å². The van der Waals surface area contributed by atoms with Gasteiger partial charge in [-0.15, -0.1) is 0 Å². The van der Waals surface area contributed by atoms with Gasteiger partial charge >= 0.3 is 5.97 Å². The van der Waals surface area contributed by atoms with Crippen LogP contribution in [0.25, 0.3) is 0 Å². The number of methoxy groups -OCH3 is 1. The van der Waals surface area contributed by atoms with Gasteiger partial charge in [0.2, 0.25) is 6.29 Å². The van der Waals surface area contributed by atoms with E-state index in [0.29, 0.717) is 23.5 Å². The van der Waals surface area contributed by atoms with Crippen molar-refractivity contribution in [1.82, 2.24) is 0 Å². The maximum atomic E-state index is 12.2. The van der Waals surface area contributed by atoms with Crippen molar-refractivity contribution in [2.45, 2.75) is 43.2 Å². The molecule has 0 bridgehead atoms. The van der Waals surface area contributed by atoms with Gasteiger partial charge in [-0.1, -0.05) is 12.1 Å². The van der Waals surface area contributed by atoms with Crippen LogP contribution in [0.1, 0.15) is 27.6 Å². The Bertz CT molecular complexity index is 973. The van der Waals surface area contributed by atoms with E-state index in [1.54, 1.807) is 30.3 Å². The summed E-state index contributed by atoms with van der Waals surface area (Å²) in [4.78, 5) is 12.2. The summed E-state index contributed by atoms with van der Waals surface area (Å²) >= 11 is 0. The molecule has 0 amide bonds. The Hall–Kier alpha value is -2.89. The summed E-state index contributed by atoms with van der Waals surface area (Å²) in [6.45, 7) is -0.550. The highest BCUT2D eigenvalue weighted by atomic mass is 16.7. The lowest BCUT2D eigenvalue weighted by molar-refractivity contribution is -0.277. The van der Waals surface area contributed by atoms with E-state index in [1.165, 1.54) is 13.2 Å². The SMILES string of the molecule is COc1cc(O)c2c(c1)C(Cc1ccc(OC3OC(CO)C(O)C(O)C3O)cc1)OC2=O. The zero-order chi connectivity index (χ0) is 23.0. The molecule has 0 aromatic heterocycles. The molecular weight excluding hydrogens is 424 g/mol. The number of fused-ring (bicyclic) bond motifs is 1. The molecule has 0 spiro atoms. The second-order valence-corrected chi connectivity index (χ2v) is 7.67. The molecule has 32 heavy (non-hydrogen) atoms. The Morgan fingerprint density at radius 2 is 1.72 bits per heavy atom. The number of hydrogen-bond donors (Lipinski definition) is 5. The Kier molecular flexibility index (Phi) is 6.22. The standard InChI is InChI=1S/C22H24O10/c1-29-12-7-13-15(31-21(28)17(13)14(24)8-12)6-10-2-4-11(5-3-10)30-22-20(27)19(26)18(25)16(9-23)32-22/h2-5,7-8,15-16,18-20,22-27H,6,9H2,1H3. The van der Waals surface area contributed by atoms with E-state index in [1.807, 2.05) is 0 Å². The van der Waals surface area contributed by atoms with Crippen LogP contribution in [0.5, 0.6) is 17.2 Å². The molecule has 2 aliphatic heterocycles. The van der Waals surface area contributed by atoms with E-state index >= 15 is 0 Å². The molecule has 1 fully saturated rings. The van der Waals surface area contributed by atoms with Gasteiger partial charge < -0.3 is 44.5 Å². The number of carbonyl (C=O) groups is 1. The van der Waals surface area contributed by atoms with Crippen molar-refractivity contribution in [3.05, 3.63) is 53.1 Å². The molecule has 2 aromatic carbocycles. The largest absolute Gasteiger partial charge is 0.507 e. The van der Waals surface area contributed by atoms with E-state index < -0.39 is 49.4 Å². The second kappa shape index (κ2) is 8.93. The van der Waals surface area contributed by atoms with E-state index in [2.05, 4.69) is 0 Å². The van der Waals surface area contributed by atoms with Gasteiger partial charge in [-0.2, -0.15) is 0 Å². The van der Waals surface area contributed by atoms with Gasteiger partial charge in [0.05, 0.1) is 13.7 Å².